The summed E-state index contributed by atoms with van der Waals surface area (Å²) in [5.74, 6) is 0.642. The topological polar surface area (TPSA) is 89.5 Å². The second kappa shape index (κ2) is 7.85. The lowest BCUT2D eigenvalue weighted by molar-refractivity contribution is 0.186. The third-order valence-corrected chi connectivity index (χ3v) is 4.85. The highest BCUT2D eigenvalue weighted by Gasteiger charge is 2.19. The predicted molar refractivity (Wildman–Crippen MR) is 99.7 cm³/mol. The van der Waals surface area contributed by atoms with Crippen LogP contribution in [-0.2, 0) is 17.8 Å². The van der Waals surface area contributed by atoms with Gasteiger partial charge in [0.1, 0.15) is 0 Å². The summed E-state index contributed by atoms with van der Waals surface area (Å²) in [6.07, 6.45) is 3.02. The second-order valence-corrected chi connectivity index (χ2v) is 6.54. The molecule has 4 rings (SSSR count). The van der Waals surface area contributed by atoms with Crippen LogP contribution in [0.2, 0.25) is 0 Å². The number of anilines is 1. The van der Waals surface area contributed by atoms with Gasteiger partial charge in [0.2, 0.25) is 5.89 Å². The Labute approximate surface area is 156 Å². The van der Waals surface area contributed by atoms with Crippen LogP contribution in [0.1, 0.15) is 5.89 Å². The molecule has 1 aromatic carbocycles. The first kappa shape index (κ1) is 17.6. The Hall–Kier alpha value is -2.78. The van der Waals surface area contributed by atoms with Gasteiger partial charge >= 0.3 is 0 Å². The molecule has 9 nitrogen and oxygen atoms in total. The summed E-state index contributed by atoms with van der Waals surface area (Å²) in [6.45, 7) is 5.27. The van der Waals surface area contributed by atoms with Gasteiger partial charge in [0.15, 0.2) is 6.33 Å². The summed E-state index contributed by atoms with van der Waals surface area (Å²) in [6, 6.07) is 5.86. The van der Waals surface area contributed by atoms with Gasteiger partial charge in [-0.25, -0.2) is 4.98 Å². The van der Waals surface area contributed by atoms with Crippen LogP contribution in [0.4, 0.5) is 5.69 Å². The van der Waals surface area contributed by atoms with E-state index in [2.05, 4.69) is 24.9 Å². The van der Waals surface area contributed by atoms with E-state index in [0.717, 1.165) is 37.4 Å². The minimum Gasteiger partial charge on any atom is -0.383 e. The van der Waals surface area contributed by atoms with E-state index in [1.165, 1.54) is 6.33 Å². The molecule has 0 radical (unpaired) electrons. The molecule has 0 N–H and O–H groups in total. The van der Waals surface area contributed by atoms with Crippen molar-refractivity contribution in [2.45, 2.75) is 13.1 Å². The molecular weight excluding hydrogens is 348 g/mol. The molecule has 0 spiro atoms. The number of hydrogen-bond donors (Lipinski definition) is 0. The van der Waals surface area contributed by atoms with E-state index in [1.54, 1.807) is 18.0 Å². The van der Waals surface area contributed by atoms with Crippen molar-refractivity contribution in [2.24, 2.45) is 0 Å². The first-order chi connectivity index (χ1) is 13.2. The number of methoxy groups -OCH3 is 1. The van der Waals surface area contributed by atoms with Crippen molar-refractivity contribution in [3.05, 3.63) is 47.1 Å². The van der Waals surface area contributed by atoms with Crippen molar-refractivity contribution in [3.8, 4) is 0 Å². The molecule has 27 heavy (non-hydrogen) atoms. The molecule has 1 fully saturated rings. The molecule has 0 amide bonds. The maximum Gasteiger partial charge on any atom is 0.261 e. The quantitative estimate of drug-likeness (QED) is 0.628. The average molecular weight is 370 g/mol. The van der Waals surface area contributed by atoms with E-state index in [-0.39, 0.29) is 5.56 Å². The first-order valence-electron chi connectivity index (χ1n) is 8.95. The zero-order valence-electron chi connectivity index (χ0n) is 15.2. The maximum atomic E-state index is 12.5. The van der Waals surface area contributed by atoms with Crippen LogP contribution in [-0.4, -0.2) is 64.5 Å². The largest absolute Gasteiger partial charge is 0.383 e. The summed E-state index contributed by atoms with van der Waals surface area (Å²) in [7, 11) is 1.62. The molecule has 0 atom stereocenters. The third-order valence-electron chi connectivity index (χ3n) is 4.85. The standard InChI is InChI=1S/C18H22N6O3/c1-26-9-8-24-13-20-16-10-14(2-3-15(16)18(24)25)23-6-4-22(5-7-23)11-17-19-12-21-27-17/h2-3,10,12-13H,4-9,11H2,1H3. The molecule has 0 aliphatic carbocycles. The van der Waals surface area contributed by atoms with E-state index in [9.17, 15) is 4.79 Å². The van der Waals surface area contributed by atoms with Crippen molar-refractivity contribution in [2.75, 3.05) is 44.8 Å². The van der Waals surface area contributed by atoms with E-state index in [4.69, 9.17) is 9.26 Å². The number of piperazine rings is 1. The molecule has 1 aliphatic heterocycles. The van der Waals surface area contributed by atoms with Crippen molar-refractivity contribution >= 4 is 16.6 Å². The van der Waals surface area contributed by atoms with Gasteiger partial charge in [-0.3, -0.25) is 14.3 Å². The fourth-order valence-electron chi connectivity index (χ4n) is 3.31. The molecular formula is C18H22N6O3. The fraction of sp³-hybridized carbons (Fsp3) is 0.444. The number of rotatable bonds is 6. The van der Waals surface area contributed by atoms with Crippen molar-refractivity contribution in [3.63, 3.8) is 0 Å². The number of ether oxygens (including phenoxy) is 1. The Morgan fingerprint density at radius 2 is 2.04 bits per heavy atom. The van der Waals surface area contributed by atoms with E-state index in [1.807, 2.05) is 18.2 Å². The fourth-order valence-corrected chi connectivity index (χ4v) is 3.31. The molecule has 1 saturated heterocycles. The highest BCUT2D eigenvalue weighted by atomic mass is 16.5. The van der Waals surface area contributed by atoms with Gasteiger partial charge in [-0.05, 0) is 18.2 Å². The summed E-state index contributed by atoms with van der Waals surface area (Å²) >= 11 is 0. The lowest BCUT2D eigenvalue weighted by atomic mass is 10.2. The van der Waals surface area contributed by atoms with Crippen molar-refractivity contribution < 1.29 is 9.26 Å². The SMILES string of the molecule is COCCn1cnc2cc(N3CCN(Cc4ncno4)CC3)ccc2c1=O. The molecule has 0 unspecified atom stereocenters. The summed E-state index contributed by atoms with van der Waals surface area (Å²) in [5, 5.41) is 4.28. The molecule has 0 saturated carbocycles. The average Bonchev–Trinajstić information content (AvgIpc) is 3.21. The lowest BCUT2D eigenvalue weighted by Crippen LogP contribution is -2.46. The summed E-state index contributed by atoms with van der Waals surface area (Å²) in [4.78, 5) is 25.7. The van der Waals surface area contributed by atoms with E-state index in [0.29, 0.717) is 31.0 Å². The second-order valence-electron chi connectivity index (χ2n) is 6.54. The Bertz CT molecular complexity index is 947. The molecule has 2 aromatic heterocycles. The van der Waals surface area contributed by atoms with Crippen LogP contribution in [0.3, 0.4) is 0 Å². The maximum absolute atomic E-state index is 12.5. The van der Waals surface area contributed by atoms with Gasteiger partial charge < -0.3 is 14.2 Å². The summed E-state index contributed by atoms with van der Waals surface area (Å²) in [5.41, 5.74) is 1.77. The lowest BCUT2D eigenvalue weighted by Gasteiger charge is -2.35. The zero-order valence-corrected chi connectivity index (χ0v) is 15.2. The molecule has 3 aromatic rings. The minimum absolute atomic E-state index is 0.0343. The summed E-state index contributed by atoms with van der Waals surface area (Å²) < 4.78 is 11.7. The molecule has 1 aliphatic rings. The molecule has 9 heteroatoms. The predicted octanol–water partition coefficient (Wildman–Crippen LogP) is 0.748. The van der Waals surface area contributed by atoms with Crippen LogP contribution in [0.25, 0.3) is 10.9 Å². The Morgan fingerprint density at radius 1 is 1.19 bits per heavy atom. The zero-order chi connectivity index (χ0) is 18.6. The van der Waals surface area contributed by atoms with Gasteiger partial charge in [0.05, 0.1) is 36.9 Å². The normalized spacial score (nSPS) is 15.5. The smallest absolute Gasteiger partial charge is 0.261 e. The number of fused-ring (bicyclic) bond motifs is 1. The number of hydrogen-bond acceptors (Lipinski definition) is 8. The Morgan fingerprint density at radius 3 is 2.78 bits per heavy atom. The van der Waals surface area contributed by atoms with Gasteiger partial charge in [0.25, 0.3) is 5.56 Å². The van der Waals surface area contributed by atoms with Crippen molar-refractivity contribution in [1.29, 1.82) is 0 Å². The van der Waals surface area contributed by atoms with Crippen molar-refractivity contribution in [1.82, 2.24) is 24.6 Å². The van der Waals surface area contributed by atoms with Gasteiger partial charge in [-0.2, -0.15) is 4.98 Å². The highest BCUT2D eigenvalue weighted by Crippen LogP contribution is 2.20. The van der Waals surface area contributed by atoms with Gasteiger partial charge in [0, 0.05) is 39.0 Å². The Kier molecular flexibility index (Phi) is 5.12. The van der Waals surface area contributed by atoms with E-state index >= 15 is 0 Å². The van der Waals surface area contributed by atoms with Gasteiger partial charge in [-0.1, -0.05) is 5.16 Å². The van der Waals surface area contributed by atoms with Crippen LogP contribution in [0, 0.1) is 0 Å². The van der Waals surface area contributed by atoms with Crippen LogP contribution in [0.15, 0.2) is 40.2 Å². The monoisotopic (exact) mass is 370 g/mol. The van der Waals surface area contributed by atoms with E-state index < -0.39 is 0 Å². The number of aromatic nitrogens is 4. The number of nitrogens with zero attached hydrogens (tertiary/aromatic N) is 6. The molecule has 0 bridgehead atoms. The number of benzene rings is 1. The van der Waals surface area contributed by atoms with Gasteiger partial charge in [-0.15, -0.1) is 0 Å². The van der Waals surface area contributed by atoms with Crippen LogP contribution < -0.4 is 10.5 Å². The minimum atomic E-state index is -0.0343. The van der Waals surface area contributed by atoms with Crippen LogP contribution >= 0.6 is 0 Å². The first-order valence-corrected chi connectivity index (χ1v) is 8.95. The Balaban J connectivity index is 1.46. The van der Waals surface area contributed by atoms with Crippen LogP contribution in [0.5, 0.6) is 0 Å². The molecule has 3 heterocycles. The molecule has 142 valence electrons. The third kappa shape index (κ3) is 3.83. The highest BCUT2D eigenvalue weighted by molar-refractivity contribution is 5.81.